The predicted octanol–water partition coefficient (Wildman–Crippen LogP) is 3.07. The fourth-order valence-corrected chi connectivity index (χ4v) is 3.77. The summed E-state index contributed by atoms with van der Waals surface area (Å²) in [5, 5.41) is 18.9. The van der Waals surface area contributed by atoms with Gasteiger partial charge in [-0.05, 0) is 37.5 Å². The van der Waals surface area contributed by atoms with Gasteiger partial charge in [0, 0.05) is 0 Å². The first kappa shape index (κ1) is 16.3. The van der Waals surface area contributed by atoms with Crippen LogP contribution in [0.3, 0.4) is 0 Å². The van der Waals surface area contributed by atoms with Gasteiger partial charge in [0.2, 0.25) is 0 Å². The summed E-state index contributed by atoms with van der Waals surface area (Å²) in [6, 6.07) is 0. The molecule has 21 heavy (non-hydrogen) atoms. The molecular weight excluding hydrogens is 272 g/mol. The number of rotatable bonds is 6. The number of carbonyl (C=O) groups is 2. The summed E-state index contributed by atoms with van der Waals surface area (Å²) >= 11 is 0. The van der Waals surface area contributed by atoms with Gasteiger partial charge in [-0.25, -0.2) is 9.59 Å². The minimum absolute atomic E-state index is 0.0401. The number of hydrogen-bond acceptors (Lipinski definition) is 3. The molecule has 0 heterocycles. The van der Waals surface area contributed by atoms with Gasteiger partial charge in [-0.1, -0.05) is 38.5 Å². The van der Waals surface area contributed by atoms with E-state index in [2.05, 4.69) is 0 Å². The van der Waals surface area contributed by atoms with Crippen LogP contribution in [0.1, 0.15) is 64.2 Å². The zero-order chi connectivity index (χ0) is 15.2. The second kappa shape index (κ2) is 7.78. The predicted molar refractivity (Wildman–Crippen MR) is 77.1 cm³/mol. The van der Waals surface area contributed by atoms with Gasteiger partial charge in [0.05, 0.1) is 0 Å². The van der Waals surface area contributed by atoms with E-state index in [-0.39, 0.29) is 11.8 Å². The normalized spacial score (nSPS) is 24.4. The summed E-state index contributed by atoms with van der Waals surface area (Å²) in [6.07, 6.45) is 7.70. The summed E-state index contributed by atoms with van der Waals surface area (Å²) in [5.74, 6) is -2.10. The Kier molecular flexibility index (Phi) is 6.03. The van der Waals surface area contributed by atoms with Crippen LogP contribution < -0.4 is 0 Å². The molecule has 2 atom stereocenters. The summed E-state index contributed by atoms with van der Waals surface area (Å²) in [4.78, 5) is 23.0. The third-order valence-corrected chi connectivity index (χ3v) is 4.94. The molecule has 0 aromatic heterocycles. The molecule has 5 nitrogen and oxygen atoms in total. The SMILES string of the molecule is O=C(O)C(OC(C(=O)O)C1CCCCC1)C1CCCCC1. The van der Waals surface area contributed by atoms with Crippen LogP contribution >= 0.6 is 0 Å². The summed E-state index contributed by atoms with van der Waals surface area (Å²) in [5.41, 5.74) is 0. The van der Waals surface area contributed by atoms with E-state index in [1.165, 1.54) is 0 Å². The Balaban J connectivity index is 2.04. The van der Waals surface area contributed by atoms with Crippen molar-refractivity contribution in [1.82, 2.24) is 0 Å². The lowest BCUT2D eigenvalue weighted by molar-refractivity contribution is -0.176. The minimum Gasteiger partial charge on any atom is -0.479 e. The van der Waals surface area contributed by atoms with Crippen LogP contribution in [0.2, 0.25) is 0 Å². The molecule has 0 spiro atoms. The summed E-state index contributed by atoms with van der Waals surface area (Å²) in [7, 11) is 0. The molecule has 2 saturated carbocycles. The Labute approximate surface area is 125 Å². The first-order valence-electron chi connectivity index (χ1n) is 8.20. The highest BCUT2D eigenvalue weighted by molar-refractivity contribution is 5.75. The van der Waals surface area contributed by atoms with E-state index in [0.717, 1.165) is 64.2 Å². The van der Waals surface area contributed by atoms with E-state index >= 15 is 0 Å². The Morgan fingerprint density at radius 1 is 0.714 bits per heavy atom. The van der Waals surface area contributed by atoms with Crippen LogP contribution in [0.15, 0.2) is 0 Å². The third kappa shape index (κ3) is 4.43. The molecule has 2 aliphatic carbocycles. The van der Waals surface area contributed by atoms with E-state index in [0.29, 0.717) is 0 Å². The number of carboxylic acids is 2. The van der Waals surface area contributed by atoms with Gasteiger partial charge >= 0.3 is 11.9 Å². The Hall–Kier alpha value is -1.10. The molecule has 0 bridgehead atoms. The zero-order valence-electron chi connectivity index (χ0n) is 12.5. The molecule has 0 aromatic rings. The van der Waals surface area contributed by atoms with Crippen molar-refractivity contribution in [3.63, 3.8) is 0 Å². The molecule has 0 saturated heterocycles. The van der Waals surface area contributed by atoms with Crippen molar-refractivity contribution in [2.24, 2.45) is 11.8 Å². The number of carboxylic acid groups (broad SMARTS) is 2. The second-order valence-electron chi connectivity index (χ2n) is 6.45. The maximum absolute atomic E-state index is 11.5. The van der Waals surface area contributed by atoms with Gasteiger partial charge in [-0.2, -0.15) is 0 Å². The summed E-state index contributed by atoms with van der Waals surface area (Å²) in [6.45, 7) is 0. The Morgan fingerprint density at radius 2 is 1.05 bits per heavy atom. The smallest absolute Gasteiger partial charge is 0.333 e. The van der Waals surface area contributed by atoms with Gasteiger partial charge in [-0.15, -0.1) is 0 Å². The average molecular weight is 298 g/mol. The maximum atomic E-state index is 11.5. The van der Waals surface area contributed by atoms with Crippen molar-refractivity contribution in [3.8, 4) is 0 Å². The molecule has 0 radical (unpaired) electrons. The first-order valence-corrected chi connectivity index (χ1v) is 8.20. The maximum Gasteiger partial charge on any atom is 0.333 e. The molecule has 5 heteroatoms. The average Bonchev–Trinajstić information content (AvgIpc) is 2.49. The molecule has 2 fully saturated rings. The molecule has 0 amide bonds. The third-order valence-electron chi connectivity index (χ3n) is 4.94. The van der Waals surface area contributed by atoms with Crippen molar-refractivity contribution < 1.29 is 24.5 Å². The lowest BCUT2D eigenvalue weighted by Gasteiger charge is -2.33. The molecule has 0 aliphatic heterocycles. The van der Waals surface area contributed by atoms with Crippen molar-refractivity contribution >= 4 is 11.9 Å². The van der Waals surface area contributed by atoms with E-state index in [1.807, 2.05) is 0 Å². The van der Waals surface area contributed by atoms with Gasteiger partial charge in [0.1, 0.15) is 0 Å². The van der Waals surface area contributed by atoms with Crippen molar-refractivity contribution in [1.29, 1.82) is 0 Å². The van der Waals surface area contributed by atoms with Crippen molar-refractivity contribution in [2.45, 2.75) is 76.4 Å². The Morgan fingerprint density at radius 3 is 1.33 bits per heavy atom. The van der Waals surface area contributed by atoms with E-state index < -0.39 is 24.1 Å². The van der Waals surface area contributed by atoms with Crippen LogP contribution in [0.5, 0.6) is 0 Å². The van der Waals surface area contributed by atoms with E-state index in [4.69, 9.17) is 4.74 Å². The van der Waals surface area contributed by atoms with Crippen molar-refractivity contribution in [3.05, 3.63) is 0 Å². The molecule has 2 rings (SSSR count). The number of aliphatic carboxylic acids is 2. The molecule has 2 aliphatic rings. The molecule has 120 valence electrons. The van der Waals surface area contributed by atoms with Gasteiger partial charge < -0.3 is 14.9 Å². The van der Waals surface area contributed by atoms with E-state index in [9.17, 15) is 19.8 Å². The quantitative estimate of drug-likeness (QED) is 0.787. The van der Waals surface area contributed by atoms with Crippen LogP contribution in [-0.2, 0) is 14.3 Å². The lowest BCUT2D eigenvalue weighted by Crippen LogP contribution is -2.43. The Bertz CT molecular complexity index is 322. The highest BCUT2D eigenvalue weighted by Gasteiger charge is 2.38. The highest BCUT2D eigenvalue weighted by atomic mass is 16.5. The van der Waals surface area contributed by atoms with Crippen LogP contribution in [0.25, 0.3) is 0 Å². The lowest BCUT2D eigenvalue weighted by atomic mass is 9.83. The molecule has 2 N–H and O–H groups in total. The largest absolute Gasteiger partial charge is 0.479 e. The number of ether oxygens (including phenoxy) is 1. The fraction of sp³-hybridized carbons (Fsp3) is 0.875. The minimum atomic E-state index is -1.01. The molecule has 0 aromatic carbocycles. The van der Waals surface area contributed by atoms with Crippen LogP contribution in [0, 0.1) is 11.8 Å². The fourth-order valence-electron chi connectivity index (χ4n) is 3.77. The highest BCUT2D eigenvalue weighted by Crippen LogP contribution is 2.33. The molecular formula is C16H26O5. The van der Waals surface area contributed by atoms with Crippen LogP contribution in [-0.4, -0.2) is 34.4 Å². The topological polar surface area (TPSA) is 83.8 Å². The monoisotopic (exact) mass is 298 g/mol. The van der Waals surface area contributed by atoms with Gasteiger partial charge in [0.25, 0.3) is 0 Å². The number of hydrogen-bond donors (Lipinski definition) is 2. The first-order chi connectivity index (χ1) is 10.1. The van der Waals surface area contributed by atoms with Crippen molar-refractivity contribution in [2.75, 3.05) is 0 Å². The van der Waals surface area contributed by atoms with Gasteiger partial charge in [0.15, 0.2) is 12.2 Å². The zero-order valence-corrected chi connectivity index (χ0v) is 12.5. The second-order valence-corrected chi connectivity index (χ2v) is 6.45. The molecule has 2 unspecified atom stereocenters. The van der Waals surface area contributed by atoms with Crippen LogP contribution in [0.4, 0.5) is 0 Å². The standard InChI is InChI=1S/C16H26O5/c17-15(18)13(11-7-3-1-4-8-11)21-14(16(19)20)12-9-5-2-6-10-12/h11-14H,1-10H2,(H,17,18)(H,19,20). The van der Waals surface area contributed by atoms with E-state index in [1.54, 1.807) is 0 Å². The summed E-state index contributed by atoms with van der Waals surface area (Å²) < 4.78 is 5.65. The van der Waals surface area contributed by atoms with Gasteiger partial charge in [-0.3, -0.25) is 0 Å².